The number of nitrogens with one attached hydrogen (secondary N) is 2. The molecule has 2 rings (SSSR count). The average molecular weight is 311 g/mol. The Hall–Kier alpha value is -1.89. The predicted octanol–water partition coefficient (Wildman–Crippen LogP) is 2.43. The lowest BCUT2D eigenvalue weighted by Crippen LogP contribution is -2.15. The van der Waals surface area contributed by atoms with Crippen LogP contribution < -0.4 is 10.6 Å². The predicted molar refractivity (Wildman–Crippen MR) is 70.7 cm³/mol. The molecule has 0 saturated heterocycles. The van der Waals surface area contributed by atoms with Crippen LogP contribution in [0.4, 0.5) is 11.8 Å². The first-order chi connectivity index (χ1) is 8.60. The number of halogens is 1. The van der Waals surface area contributed by atoms with Crippen LogP contribution in [0.2, 0.25) is 0 Å². The van der Waals surface area contributed by atoms with E-state index in [0.717, 1.165) is 4.47 Å². The molecule has 2 aromatic rings. The van der Waals surface area contributed by atoms with Crippen molar-refractivity contribution in [1.29, 1.82) is 0 Å². The summed E-state index contributed by atoms with van der Waals surface area (Å²) in [6.45, 7) is 1.78. The minimum Gasteiger partial charge on any atom is -0.432 e. The smallest absolute Gasteiger partial charge is 0.301 e. The number of pyridine rings is 1. The molecule has 1 amide bonds. The maximum Gasteiger partial charge on any atom is 0.301 e. The molecule has 0 aliphatic carbocycles. The van der Waals surface area contributed by atoms with Crippen LogP contribution in [-0.2, 0) is 0 Å². The zero-order chi connectivity index (χ0) is 13.1. The molecule has 2 heterocycles. The van der Waals surface area contributed by atoms with Gasteiger partial charge >= 0.3 is 6.01 Å². The van der Waals surface area contributed by atoms with E-state index in [4.69, 9.17) is 4.42 Å². The van der Waals surface area contributed by atoms with Crippen LogP contribution >= 0.6 is 15.9 Å². The number of hydrogen-bond donors (Lipinski definition) is 2. The lowest BCUT2D eigenvalue weighted by atomic mass is 10.2. The van der Waals surface area contributed by atoms with Crippen LogP contribution in [0.3, 0.4) is 0 Å². The van der Waals surface area contributed by atoms with Crippen molar-refractivity contribution in [2.24, 2.45) is 0 Å². The van der Waals surface area contributed by atoms with E-state index in [2.05, 4.69) is 36.5 Å². The lowest BCUT2D eigenvalue weighted by molar-refractivity contribution is 0.102. The first-order valence-corrected chi connectivity index (χ1v) is 5.96. The number of nitrogens with zero attached hydrogens (tertiary/aromatic N) is 2. The second-order valence-corrected chi connectivity index (χ2v) is 4.46. The Morgan fingerprint density at radius 3 is 2.89 bits per heavy atom. The fourth-order valence-corrected chi connectivity index (χ4v) is 1.72. The van der Waals surface area contributed by atoms with Crippen molar-refractivity contribution in [1.82, 2.24) is 9.97 Å². The van der Waals surface area contributed by atoms with Gasteiger partial charge in [0.15, 0.2) is 0 Å². The number of rotatable bonds is 3. The number of amides is 1. The number of oxazole rings is 1. The Labute approximate surface area is 112 Å². The lowest BCUT2D eigenvalue weighted by Gasteiger charge is -2.07. The van der Waals surface area contributed by atoms with Crippen molar-refractivity contribution in [3.63, 3.8) is 0 Å². The number of anilines is 2. The van der Waals surface area contributed by atoms with E-state index >= 15 is 0 Å². The molecule has 7 heteroatoms. The molecule has 0 radical (unpaired) electrons. The van der Waals surface area contributed by atoms with Gasteiger partial charge in [-0.15, -0.1) is 0 Å². The Balaban J connectivity index is 2.25. The first kappa shape index (κ1) is 12.6. The molecule has 0 atom stereocenters. The van der Waals surface area contributed by atoms with Crippen molar-refractivity contribution in [3.8, 4) is 0 Å². The summed E-state index contributed by atoms with van der Waals surface area (Å²) in [5, 5.41) is 5.41. The monoisotopic (exact) mass is 310 g/mol. The van der Waals surface area contributed by atoms with Crippen LogP contribution in [0, 0.1) is 6.92 Å². The highest BCUT2D eigenvalue weighted by Gasteiger charge is 2.14. The molecule has 18 heavy (non-hydrogen) atoms. The SMILES string of the molecule is CNc1ncc(Br)cc1C(=O)Nc1nc(C)co1. The van der Waals surface area contributed by atoms with E-state index in [1.54, 1.807) is 26.2 Å². The Morgan fingerprint density at radius 1 is 1.50 bits per heavy atom. The van der Waals surface area contributed by atoms with Gasteiger partial charge in [0, 0.05) is 17.7 Å². The molecule has 6 nitrogen and oxygen atoms in total. The Bertz CT molecular complexity index is 582. The third kappa shape index (κ3) is 2.67. The third-order valence-corrected chi connectivity index (χ3v) is 2.61. The summed E-state index contributed by atoms with van der Waals surface area (Å²) < 4.78 is 5.78. The van der Waals surface area contributed by atoms with E-state index < -0.39 is 0 Å². The van der Waals surface area contributed by atoms with Gasteiger partial charge in [0.1, 0.15) is 12.1 Å². The van der Waals surface area contributed by atoms with Gasteiger partial charge in [0.25, 0.3) is 5.91 Å². The van der Waals surface area contributed by atoms with Crippen LogP contribution in [0.5, 0.6) is 0 Å². The Morgan fingerprint density at radius 2 is 2.28 bits per heavy atom. The zero-order valence-electron chi connectivity index (χ0n) is 9.82. The van der Waals surface area contributed by atoms with E-state index in [1.165, 1.54) is 6.26 Å². The summed E-state index contributed by atoms with van der Waals surface area (Å²) in [5.41, 5.74) is 1.11. The largest absolute Gasteiger partial charge is 0.432 e. The third-order valence-electron chi connectivity index (χ3n) is 2.18. The van der Waals surface area contributed by atoms with Gasteiger partial charge in [0.05, 0.1) is 11.3 Å². The fraction of sp³-hybridized carbons (Fsp3) is 0.182. The molecule has 94 valence electrons. The topological polar surface area (TPSA) is 80.0 Å². The molecule has 0 aromatic carbocycles. The maximum absolute atomic E-state index is 12.0. The molecule has 0 fully saturated rings. The van der Waals surface area contributed by atoms with E-state index in [0.29, 0.717) is 17.1 Å². The molecular weight excluding hydrogens is 300 g/mol. The minimum atomic E-state index is -0.338. The summed E-state index contributed by atoms with van der Waals surface area (Å²) in [4.78, 5) is 20.1. The minimum absolute atomic E-state index is 0.166. The van der Waals surface area contributed by atoms with Gasteiger partial charge in [0.2, 0.25) is 0 Å². The van der Waals surface area contributed by atoms with Crippen molar-refractivity contribution < 1.29 is 9.21 Å². The number of aryl methyl sites for hydroxylation is 1. The van der Waals surface area contributed by atoms with Gasteiger partial charge < -0.3 is 9.73 Å². The molecular formula is C11H11BrN4O2. The molecule has 0 spiro atoms. The second kappa shape index (κ2) is 5.18. The van der Waals surface area contributed by atoms with E-state index in [1.807, 2.05) is 0 Å². The summed E-state index contributed by atoms with van der Waals surface area (Å²) >= 11 is 3.27. The Kier molecular flexibility index (Phi) is 3.61. The molecule has 2 aromatic heterocycles. The van der Waals surface area contributed by atoms with Gasteiger partial charge in [-0.25, -0.2) is 4.98 Å². The number of carbonyl (C=O) groups is 1. The highest BCUT2D eigenvalue weighted by atomic mass is 79.9. The van der Waals surface area contributed by atoms with Crippen molar-refractivity contribution in [2.45, 2.75) is 6.92 Å². The molecule has 0 aliphatic heterocycles. The first-order valence-electron chi connectivity index (χ1n) is 5.17. The number of carbonyl (C=O) groups excluding carboxylic acids is 1. The molecule has 0 bridgehead atoms. The van der Waals surface area contributed by atoms with Crippen LogP contribution in [0.1, 0.15) is 16.1 Å². The van der Waals surface area contributed by atoms with Crippen molar-refractivity contribution in [2.75, 3.05) is 17.7 Å². The molecule has 0 aliphatic rings. The summed E-state index contributed by atoms with van der Waals surface area (Å²) in [6.07, 6.45) is 3.08. The summed E-state index contributed by atoms with van der Waals surface area (Å²) in [6, 6.07) is 1.84. The summed E-state index contributed by atoms with van der Waals surface area (Å²) in [7, 11) is 1.70. The quantitative estimate of drug-likeness (QED) is 0.910. The van der Waals surface area contributed by atoms with Crippen molar-refractivity contribution >= 4 is 33.7 Å². The number of aromatic nitrogens is 2. The number of hydrogen-bond acceptors (Lipinski definition) is 5. The summed E-state index contributed by atoms with van der Waals surface area (Å²) in [5.74, 6) is 0.147. The molecule has 0 unspecified atom stereocenters. The normalized spacial score (nSPS) is 10.2. The van der Waals surface area contributed by atoms with E-state index in [-0.39, 0.29) is 11.9 Å². The second-order valence-electron chi connectivity index (χ2n) is 3.55. The fourth-order valence-electron chi connectivity index (χ4n) is 1.39. The van der Waals surface area contributed by atoms with Crippen LogP contribution in [0.15, 0.2) is 27.4 Å². The van der Waals surface area contributed by atoms with E-state index in [9.17, 15) is 4.79 Å². The van der Waals surface area contributed by atoms with Crippen LogP contribution in [-0.4, -0.2) is 22.9 Å². The van der Waals surface area contributed by atoms with Gasteiger partial charge in [-0.1, -0.05) is 0 Å². The standard InChI is InChI=1S/C11H11BrN4O2/c1-6-5-18-11(15-6)16-10(17)8-3-7(12)4-14-9(8)13-2/h3-5H,1-2H3,(H,13,14)(H,15,16,17). The van der Waals surface area contributed by atoms with Gasteiger partial charge in [-0.3, -0.25) is 10.1 Å². The molecule has 0 saturated carbocycles. The highest BCUT2D eigenvalue weighted by molar-refractivity contribution is 9.10. The van der Waals surface area contributed by atoms with Gasteiger partial charge in [-0.2, -0.15) is 4.98 Å². The zero-order valence-corrected chi connectivity index (χ0v) is 11.4. The maximum atomic E-state index is 12.0. The molecule has 2 N–H and O–H groups in total. The van der Waals surface area contributed by atoms with Crippen LogP contribution in [0.25, 0.3) is 0 Å². The van der Waals surface area contributed by atoms with Crippen molar-refractivity contribution in [3.05, 3.63) is 34.3 Å². The highest BCUT2D eigenvalue weighted by Crippen LogP contribution is 2.19. The van der Waals surface area contributed by atoms with Gasteiger partial charge in [-0.05, 0) is 28.9 Å². The average Bonchev–Trinajstić information content (AvgIpc) is 2.74.